The quantitative estimate of drug-likeness (QED) is 0.115. The van der Waals surface area contributed by atoms with Crippen LogP contribution in [0.15, 0.2) is 121 Å². The highest BCUT2D eigenvalue weighted by molar-refractivity contribution is 7.73. The van der Waals surface area contributed by atoms with Crippen molar-refractivity contribution in [1.82, 2.24) is 5.06 Å². The number of rotatable bonds is 11. The SMILES string of the molecule is ClCCl.O=C(CCP(c1ccccc1)c1ccccc1)ON1C(=O)CCC1=O.O=C(O)CCP(c1ccccc1)c1ccccc1. The summed E-state index contributed by atoms with van der Waals surface area (Å²) in [6, 6.07) is 40.4. The molecule has 0 aliphatic carbocycles. The first kappa shape index (κ1) is 36.9. The molecule has 0 aromatic heterocycles. The third kappa shape index (κ3) is 12.3. The number of aliphatic carboxylic acids is 1. The van der Waals surface area contributed by atoms with Gasteiger partial charge in [0.15, 0.2) is 0 Å². The van der Waals surface area contributed by atoms with Gasteiger partial charge in [0.2, 0.25) is 0 Å². The van der Waals surface area contributed by atoms with Crippen LogP contribution in [-0.4, -0.2) is 51.6 Å². The van der Waals surface area contributed by atoms with Crippen molar-refractivity contribution >= 4 is 84.0 Å². The summed E-state index contributed by atoms with van der Waals surface area (Å²) < 4.78 is 0. The largest absolute Gasteiger partial charge is 0.481 e. The summed E-state index contributed by atoms with van der Waals surface area (Å²) in [5, 5.41) is 14.5. The Bertz CT molecular complexity index is 1420. The van der Waals surface area contributed by atoms with Crippen LogP contribution in [0.25, 0.3) is 0 Å². The molecule has 46 heavy (non-hydrogen) atoms. The van der Waals surface area contributed by atoms with E-state index < -0.39 is 39.6 Å². The molecule has 1 saturated heterocycles. The van der Waals surface area contributed by atoms with Crippen LogP contribution in [0.5, 0.6) is 0 Å². The summed E-state index contributed by atoms with van der Waals surface area (Å²) in [4.78, 5) is 50.9. The van der Waals surface area contributed by atoms with Crippen molar-refractivity contribution < 1.29 is 29.1 Å². The van der Waals surface area contributed by atoms with Crippen LogP contribution in [0.3, 0.4) is 0 Å². The molecule has 0 unspecified atom stereocenters. The van der Waals surface area contributed by atoms with E-state index in [2.05, 4.69) is 48.5 Å². The van der Waals surface area contributed by atoms with Crippen molar-refractivity contribution in [3.63, 3.8) is 0 Å². The van der Waals surface area contributed by atoms with E-state index in [1.165, 1.54) is 21.2 Å². The van der Waals surface area contributed by atoms with Crippen molar-refractivity contribution in [1.29, 1.82) is 0 Å². The van der Waals surface area contributed by atoms with Gasteiger partial charge in [0.05, 0.1) is 11.8 Å². The second-order valence-electron chi connectivity index (χ2n) is 9.69. The zero-order valence-electron chi connectivity index (χ0n) is 25.1. The van der Waals surface area contributed by atoms with Crippen LogP contribution < -0.4 is 21.2 Å². The van der Waals surface area contributed by atoms with Crippen molar-refractivity contribution in [3.8, 4) is 0 Å². The van der Waals surface area contributed by atoms with E-state index in [0.29, 0.717) is 17.4 Å². The van der Waals surface area contributed by atoms with Gasteiger partial charge >= 0.3 is 11.9 Å². The zero-order chi connectivity index (χ0) is 33.1. The Morgan fingerprint density at radius 3 is 1.22 bits per heavy atom. The van der Waals surface area contributed by atoms with E-state index in [0.717, 1.165) is 0 Å². The highest BCUT2D eigenvalue weighted by Crippen LogP contribution is 2.35. The first-order valence-corrected chi connectivity index (χ1v) is 18.6. The number of alkyl halides is 2. The highest BCUT2D eigenvalue weighted by Gasteiger charge is 2.33. The van der Waals surface area contributed by atoms with Gasteiger partial charge < -0.3 is 9.94 Å². The van der Waals surface area contributed by atoms with E-state index in [4.69, 9.17) is 33.1 Å². The number of hydrogen-bond donors (Lipinski definition) is 1. The summed E-state index contributed by atoms with van der Waals surface area (Å²) in [5.41, 5.74) is 0. The number of halogens is 2. The minimum Gasteiger partial charge on any atom is -0.481 e. The maximum atomic E-state index is 12.1. The third-order valence-corrected chi connectivity index (χ3v) is 11.6. The normalized spacial score (nSPS) is 12.2. The van der Waals surface area contributed by atoms with Gasteiger partial charge in [0.1, 0.15) is 0 Å². The second-order valence-corrected chi connectivity index (χ2v) is 15.2. The van der Waals surface area contributed by atoms with E-state index in [1.807, 2.05) is 72.8 Å². The van der Waals surface area contributed by atoms with E-state index >= 15 is 0 Å². The Labute approximate surface area is 281 Å². The Hall–Kier alpha value is -3.60. The molecule has 11 heteroatoms. The molecule has 0 saturated carbocycles. The number of imide groups is 1. The number of nitrogens with zero attached hydrogens (tertiary/aromatic N) is 1. The summed E-state index contributed by atoms with van der Waals surface area (Å²) in [6.45, 7) is 0. The lowest BCUT2D eigenvalue weighted by Crippen LogP contribution is -2.32. The van der Waals surface area contributed by atoms with Crippen molar-refractivity contribution in [3.05, 3.63) is 121 Å². The minimum absolute atomic E-state index is 0.104. The zero-order valence-corrected chi connectivity index (χ0v) is 28.4. The van der Waals surface area contributed by atoms with E-state index in [-0.39, 0.29) is 31.0 Å². The Morgan fingerprint density at radius 2 is 0.913 bits per heavy atom. The molecule has 7 nitrogen and oxygen atoms in total. The molecule has 5 rings (SSSR count). The van der Waals surface area contributed by atoms with Gasteiger partial charge in [-0.1, -0.05) is 121 Å². The fourth-order valence-electron chi connectivity index (χ4n) is 4.46. The van der Waals surface area contributed by atoms with Crippen molar-refractivity contribution in [2.45, 2.75) is 25.7 Å². The number of carbonyl (C=O) groups is 4. The molecule has 0 bridgehead atoms. The molecule has 1 heterocycles. The fraction of sp³-hybridized carbons (Fsp3) is 0.200. The van der Waals surface area contributed by atoms with Crippen molar-refractivity contribution in [2.24, 2.45) is 0 Å². The lowest BCUT2D eigenvalue weighted by Gasteiger charge is -2.19. The predicted octanol–water partition coefficient (Wildman–Crippen LogP) is 6.13. The number of carboxylic acids is 1. The van der Waals surface area contributed by atoms with Crippen LogP contribution in [0, 0.1) is 0 Å². The average Bonchev–Trinajstić information content (AvgIpc) is 3.39. The Morgan fingerprint density at radius 1 is 0.609 bits per heavy atom. The molecule has 1 N–H and O–H groups in total. The van der Waals surface area contributed by atoms with Gasteiger partial charge in [-0.15, -0.1) is 28.3 Å². The average molecular weight is 699 g/mol. The maximum absolute atomic E-state index is 12.1. The van der Waals surface area contributed by atoms with Crippen molar-refractivity contribution in [2.75, 3.05) is 17.7 Å². The molecular formula is C35H35Cl2NO6P2. The summed E-state index contributed by atoms with van der Waals surface area (Å²) in [7, 11) is -1.28. The van der Waals surface area contributed by atoms with Gasteiger partial charge in [-0.2, -0.15) is 0 Å². The topological polar surface area (TPSA) is 101 Å². The molecule has 0 atom stereocenters. The minimum atomic E-state index is -0.727. The number of carbonyl (C=O) groups excluding carboxylic acids is 3. The molecule has 0 radical (unpaired) electrons. The third-order valence-electron chi connectivity index (χ3n) is 6.56. The number of hydrogen-bond acceptors (Lipinski definition) is 5. The molecule has 240 valence electrons. The van der Waals surface area contributed by atoms with Crippen LogP contribution >= 0.6 is 39.0 Å². The molecule has 1 aliphatic rings. The molecule has 4 aromatic rings. The lowest BCUT2D eigenvalue weighted by molar-refractivity contribution is -0.197. The molecular weight excluding hydrogens is 663 g/mol. The maximum Gasteiger partial charge on any atom is 0.333 e. The Balaban J connectivity index is 0.000000241. The number of benzene rings is 4. The van der Waals surface area contributed by atoms with E-state index in [1.54, 1.807) is 0 Å². The van der Waals surface area contributed by atoms with Crippen LogP contribution in [-0.2, 0) is 24.0 Å². The first-order valence-electron chi connectivity index (χ1n) is 14.5. The van der Waals surface area contributed by atoms with Gasteiger partial charge in [0, 0.05) is 19.3 Å². The number of hydroxylamine groups is 2. The first-order chi connectivity index (χ1) is 22.3. The van der Waals surface area contributed by atoms with Gasteiger partial charge in [-0.05, 0) is 49.4 Å². The van der Waals surface area contributed by atoms with E-state index in [9.17, 15) is 19.2 Å². The smallest absolute Gasteiger partial charge is 0.333 e. The molecule has 0 spiro atoms. The van der Waals surface area contributed by atoms with Crippen LogP contribution in [0.4, 0.5) is 0 Å². The molecule has 2 amide bonds. The molecule has 4 aromatic carbocycles. The monoisotopic (exact) mass is 697 g/mol. The van der Waals surface area contributed by atoms with Crippen LogP contribution in [0.1, 0.15) is 25.7 Å². The Kier molecular flexibility index (Phi) is 16.4. The van der Waals surface area contributed by atoms with Gasteiger partial charge in [-0.3, -0.25) is 14.4 Å². The number of amides is 2. The van der Waals surface area contributed by atoms with Crippen LogP contribution in [0.2, 0.25) is 0 Å². The standard InChI is InChI=1S/C19H18NO4P.C15H15O2P.CH2Cl2/c21-17-11-12-18(22)20(17)24-19(23)13-14-25(15-7-3-1-4-8-15)16-9-5-2-6-10-16;16-15(17)11-12-18(13-7-3-1-4-8-13)14-9-5-2-6-10-14;2-1-3/h1-10H,11-14H2;1-10H,11-12H2,(H,16,17);1H2. The van der Waals surface area contributed by atoms with Gasteiger partial charge in [-0.25, -0.2) is 4.79 Å². The summed E-state index contributed by atoms with van der Waals surface area (Å²) in [5.74, 6) is -2.18. The van der Waals surface area contributed by atoms with Gasteiger partial charge in [0.25, 0.3) is 11.8 Å². The fourth-order valence-corrected chi connectivity index (χ4v) is 9.04. The predicted molar refractivity (Wildman–Crippen MR) is 188 cm³/mol. The second kappa shape index (κ2) is 20.5. The highest BCUT2D eigenvalue weighted by atomic mass is 35.5. The molecule has 1 aliphatic heterocycles. The lowest BCUT2D eigenvalue weighted by atomic mass is 10.4. The summed E-state index contributed by atoms with van der Waals surface area (Å²) >= 11 is 9.53. The summed E-state index contributed by atoms with van der Waals surface area (Å²) in [6.07, 6.45) is 1.86. The number of carboxylic acid groups (broad SMARTS) is 1. The molecule has 1 fully saturated rings.